The summed E-state index contributed by atoms with van der Waals surface area (Å²) >= 11 is 0. The molecule has 1 heterocycles. The first-order valence-corrected chi connectivity index (χ1v) is 4.55. The highest BCUT2D eigenvalue weighted by molar-refractivity contribution is 4.69. The largest absolute Gasteiger partial charge is 0.396 e. The van der Waals surface area contributed by atoms with E-state index in [1.54, 1.807) is 0 Å². The Labute approximate surface area is 68.6 Å². The van der Waals surface area contributed by atoms with E-state index in [1.165, 1.54) is 19.3 Å². The van der Waals surface area contributed by atoms with Gasteiger partial charge in [0, 0.05) is 5.92 Å². The fourth-order valence-electron chi connectivity index (χ4n) is 0.916. The van der Waals surface area contributed by atoms with Crippen molar-refractivity contribution in [3.8, 4) is 0 Å². The fourth-order valence-corrected chi connectivity index (χ4v) is 0.916. The van der Waals surface area contributed by atoms with E-state index in [0.717, 1.165) is 19.1 Å². The van der Waals surface area contributed by atoms with Gasteiger partial charge in [0.15, 0.2) is 0 Å². The lowest BCUT2D eigenvalue weighted by molar-refractivity contribution is -0.0554. The van der Waals surface area contributed by atoms with E-state index in [4.69, 9.17) is 9.84 Å². The second-order valence-corrected chi connectivity index (χ2v) is 3.44. The summed E-state index contributed by atoms with van der Waals surface area (Å²) in [6.07, 6.45) is 4.44. The molecule has 0 aromatic heterocycles. The van der Waals surface area contributed by atoms with Crippen LogP contribution in [0.1, 0.15) is 26.2 Å². The molecule has 2 rings (SSSR count). The molecule has 1 aliphatic carbocycles. The Kier molecular flexibility index (Phi) is 3.87. The lowest BCUT2D eigenvalue weighted by atomic mass is 10.1. The van der Waals surface area contributed by atoms with Gasteiger partial charge in [-0.25, -0.2) is 0 Å². The Hall–Kier alpha value is -0.0800. The first-order chi connectivity index (χ1) is 5.36. The summed E-state index contributed by atoms with van der Waals surface area (Å²) in [4.78, 5) is 0. The molecule has 1 N–H and O–H groups in total. The first-order valence-electron chi connectivity index (χ1n) is 4.55. The maximum Gasteiger partial charge on any atom is 0.0538 e. The average molecular weight is 158 g/mol. The van der Waals surface area contributed by atoms with Crippen molar-refractivity contribution in [2.75, 3.05) is 19.8 Å². The maximum atomic E-state index is 8.31. The van der Waals surface area contributed by atoms with Crippen LogP contribution in [0.4, 0.5) is 0 Å². The summed E-state index contributed by atoms with van der Waals surface area (Å²) in [5.41, 5.74) is 0. The first kappa shape index (κ1) is 9.01. The van der Waals surface area contributed by atoms with E-state index in [1.807, 2.05) is 0 Å². The van der Waals surface area contributed by atoms with Crippen molar-refractivity contribution in [3.63, 3.8) is 0 Å². The highest BCUT2D eigenvalue weighted by Crippen LogP contribution is 2.31. The number of hydrogen-bond acceptors (Lipinski definition) is 2. The van der Waals surface area contributed by atoms with E-state index >= 15 is 0 Å². The molecule has 0 atom stereocenters. The lowest BCUT2D eigenvalue weighted by Gasteiger charge is -2.22. The van der Waals surface area contributed by atoms with Crippen molar-refractivity contribution in [2.45, 2.75) is 26.2 Å². The molecule has 0 bridgehead atoms. The van der Waals surface area contributed by atoms with Crippen LogP contribution in [0.15, 0.2) is 0 Å². The molecule has 0 aromatic carbocycles. The summed E-state index contributed by atoms with van der Waals surface area (Å²) in [6, 6.07) is 0. The van der Waals surface area contributed by atoms with Crippen molar-refractivity contribution in [3.05, 3.63) is 0 Å². The second kappa shape index (κ2) is 4.73. The van der Waals surface area contributed by atoms with Gasteiger partial charge >= 0.3 is 0 Å². The summed E-state index contributed by atoms with van der Waals surface area (Å²) in [6.45, 7) is 4.07. The monoisotopic (exact) mass is 158 g/mol. The molecule has 0 radical (unpaired) electrons. The molecular formula is C9H18O2. The molecule has 66 valence electrons. The molecule has 11 heavy (non-hydrogen) atoms. The molecule has 2 heteroatoms. The van der Waals surface area contributed by atoms with Gasteiger partial charge in [-0.15, -0.1) is 0 Å². The van der Waals surface area contributed by atoms with Crippen LogP contribution < -0.4 is 0 Å². The summed E-state index contributed by atoms with van der Waals surface area (Å²) in [5.74, 6) is 1.58. The van der Waals surface area contributed by atoms with Crippen LogP contribution in [0.2, 0.25) is 0 Å². The molecule has 2 nitrogen and oxygen atoms in total. The van der Waals surface area contributed by atoms with Crippen LogP contribution in [-0.2, 0) is 4.74 Å². The van der Waals surface area contributed by atoms with Crippen LogP contribution in [0.5, 0.6) is 0 Å². The third-order valence-corrected chi connectivity index (χ3v) is 2.24. The van der Waals surface area contributed by atoms with Crippen LogP contribution in [0.3, 0.4) is 0 Å². The summed E-state index contributed by atoms with van der Waals surface area (Å²) in [5, 5.41) is 8.31. The maximum absolute atomic E-state index is 8.31. The van der Waals surface area contributed by atoms with Crippen molar-refractivity contribution >= 4 is 0 Å². The predicted octanol–water partition coefficient (Wildman–Crippen LogP) is 1.43. The third-order valence-electron chi connectivity index (χ3n) is 2.24. The minimum atomic E-state index is 0.292. The number of aliphatic hydroxyl groups excluding tert-OH is 1. The number of ether oxygens (including phenoxy) is 1. The van der Waals surface area contributed by atoms with Crippen LogP contribution >= 0.6 is 0 Å². The number of hydrogen-bond donors (Lipinski definition) is 1. The average Bonchev–Trinajstić information content (AvgIpc) is 2.67. The minimum absolute atomic E-state index is 0.292. The Balaban J connectivity index is 0.000000112. The van der Waals surface area contributed by atoms with Crippen molar-refractivity contribution in [1.82, 2.24) is 0 Å². The van der Waals surface area contributed by atoms with Gasteiger partial charge in [0.2, 0.25) is 0 Å². The molecule has 0 spiro atoms. The minimum Gasteiger partial charge on any atom is -0.396 e. The smallest absolute Gasteiger partial charge is 0.0538 e. The predicted molar refractivity (Wildman–Crippen MR) is 44.4 cm³/mol. The van der Waals surface area contributed by atoms with Gasteiger partial charge in [-0.1, -0.05) is 26.2 Å². The van der Waals surface area contributed by atoms with E-state index < -0.39 is 0 Å². The normalized spacial score (nSPS) is 23.5. The van der Waals surface area contributed by atoms with Crippen LogP contribution in [0, 0.1) is 11.8 Å². The lowest BCUT2D eigenvalue weighted by Crippen LogP contribution is -2.30. The zero-order valence-corrected chi connectivity index (χ0v) is 7.25. The zero-order valence-electron chi connectivity index (χ0n) is 7.25. The highest BCUT2D eigenvalue weighted by atomic mass is 16.5. The van der Waals surface area contributed by atoms with Gasteiger partial charge in [-0.2, -0.15) is 0 Å². The standard InChI is InChI=1S/C5H10.C4H8O2/c1-2-5-3-4-5;5-1-4-2-6-3-4/h5H,2-4H2,1H3;4-5H,1-3H2. The molecule has 0 aromatic rings. The van der Waals surface area contributed by atoms with E-state index in [2.05, 4.69) is 6.92 Å². The Morgan fingerprint density at radius 3 is 1.91 bits per heavy atom. The van der Waals surface area contributed by atoms with Gasteiger partial charge in [0.1, 0.15) is 0 Å². The van der Waals surface area contributed by atoms with E-state index in [0.29, 0.717) is 12.5 Å². The van der Waals surface area contributed by atoms with E-state index in [9.17, 15) is 0 Å². The van der Waals surface area contributed by atoms with Crippen molar-refractivity contribution in [2.24, 2.45) is 11.8 Å². The zero-order chi connectivity index (χ0) is 8.10. The molecule has 1 aliphatic heterocycles. The molecule has 2 aliphatic rings. The molecule has 2 fully saturated rings. The topological polar surface area (TPSA) is 29.5 Å². The third kappa shape index (κ3) is 3.73. The molecule has 0 amide bonds. The van der Waals surface area contributed by atoms with Gasteiger partial charge in [-0.3, -0.25) is 0 Å². The van der Waals surface area contributed by atoms with Crippen LogP contribution in [0.25, 0.3) is 0 Å². The van der Waals surface area contributed by atoms with Crippen molar-refractivity contribution in [1.29, 1.82) is 0 Å². The molecule has 0 unspecified atom stereocenters. The SMILES string of the molecule is CCC1CC1.OCC1COC1. The Morgan fingerprint density at radius 2 is 1.91 bits per heavy atom. The summed E-state index contributed by atoms with van der Waals surface area (Å²) in [7, 11) is 0. The summed E-state index contributed by atoms with van der Waals surface area (Å²) < 4.78 is 4.77. The van der Waals surface area contributed by atoms with Gasteiger partial charge < -0.3 is 9.84 Å². The van der Waals surface area contributed by atoms with Crippen molar-refractivity contribution < 1.29 is 9.84 Å². The van der Waals surface area contributed by atoms with Gasteiger partial charge in [0.05, 0.1) is 19.8 Å². The molecule has 1 saturated carbocycles. The number of rotatable bonds is 2. The van der Waals surface area contributed by atoms with Crippen LogP contribution in [-0.4, -0.2) is 24.9 Å². The van der Waals surface area contributed by atoms with E-state index in [-0.39, 0.29) is 0 Å². The molecule has 1 saturated heterocycles. The molecular weight excluding hydrogens is 140 g/mol. The van der Waals surface area contributed by atoms with Gasteiger partial charge in [0.25, 0.3) is 0 Å². The number of aliphatic hydroxyl groups is 1. The fraction of sp³-hybridized carbons (Fsp3) is 1.00. The second-order valence-electron chi connectivity index (χ2n) is 3.44. The Morgan fingerprint density at radius 1 is 1.27 bits per heavy atom. The Bertz CT molecular complexity index is 93.0. The highest BCUT2D eigenvalue weighted by Gasteiger charge is 2.17. The quantitative estimate of drug-likeness (QED) is 0.658. The van der Waals surface area contributed by atoms with Gasteiger partial charge in [-0.05, 0) is 5.92 Å².